The monoisotopic (exact) mass is 324 g/mol. The number of halogens is 1. The summed E-state index contributed by atoms with van der Waals surface area (Å²) in [4.78, 5) is 27.6. The van der Waals surface area contributed by atoms with Gasteiger partial charge in [-0.3, -0.25) is 4.79 Å². The Morgan fingerprint density at radius 2 is 1.79 bits per heavy atom. The number of carbonyl (C=O) groups is 2. The van der Waals surface area contributed by atoms with E-state index in [-0.39, 0.29) is 11.4 Å². The van der Waals surface area contributed by atoms with E-state index in [1.54, 1.807) is 42.5 Å². The van der Waals surface area contributed by atoms with Gasteiger partial charge in [0.05, 0.1) is 16.8 Å². The molecule has 0 radical (unpaired) electrons. The lowest BCUT2D eigenvalue weighted by Crippen LogP contribution is -2.21. The average Bonchev–Trinajstić information content (AvgIpc) is 2.59. The van der Waals surface area contributed by atoms with E-state index in [4.69, 9.17) is 10.5 Å². The van der Waals surface area contributed by atoms with Gasteiger partial charge in [-0.25, -0.2) is 14.2 Å². The van der Waals surface area contributed by atoms with Crippen molar-refractivity contribution in [1.29, 1.82) is 0 Å². The maximum absolute atomic E-state index is 13.1. The molecule has 0 saturated heterocycles. The van der Waals surface area contributed by atoms with Gasteiger partial charge in [0, 0.05) is 10.9 Å². The average molecular weight is 324 g/mol. The number of nitrogens with two attached hydrogens (primary N) is 1. The topological polar surface area (TPSA) is 82.3 Å². The summed E-state index contributed by atoms with van der Waals surface area (Å²) in [5.74, 6) is -1.77. The molecule has 5 nitrogen and oxygen atoms in total. The minimum Gasteiger partial charge on any atom is -0.452 e. The van der Waals surface area contributed by atoms with Crippen molar-refractivity contribution >= 4 is 22.8 Å². The quantitative estimate of drug-likeness (QED) is 0.748. The number of pyridine rings is 1. The van der Waals surface area contributed by atoms with E-state index in [9.17, 15) is 14.0 Å². The van der Waals surface area contributed by atoms with E-state index in [1.165, 1.54) is 12.1 Å². The van der Waals surface area contributed by atoms with Crippen molar-refractivity contribution < 1.29 is 18.7 Å². The smallest absolute Gasteiger partial charge is 0.339 e. The van der Waals surface area contributed by atoms with Gasteiger partial charge in [0.2, 0.25) is 0 Å². The van der Waals surface area contributed by atoms with Crippen LogP contribution in [0.4, 0.5) is 4.39 Å². The first kappa shape index (κ1) is 15.6. The van der Waals surface area contributed by atoms with E-state index in [0.717, 1.165) is 0 Å². The summed E-state index contributed by atoms with van der Waals surface area (Å²) >= 11 is 0. The van der Waals surface area contributed by atoms with Crippen LogP contribution >= 0.6 is 0 Å². The fourth-order valence-electron chi connectivity index (χ4n) is 2.33. The molecule has 0 saturated carbocycles. The summed E-state index contributed by atoms with van der Waals surface area (Å²) in [6.45, 7) is -0.499. The molecular weight excluding hydrogens is 311 g/mol. The van der Waals surface area contributed by atoms with Gasteiger partial charge >= 0.3 is 5.97 Å². The minimum absolute atomic E-state index is 0.265. The standard InChI is InChI=1S/C18H13FN2O3/c19-12-7-5-11(6-8-12)16-9-14(18(23)24-10-17(20)22)13-3-1-2-4-15(13)21-16/h1-9H,10H2,(H2,20,22). The first-order valence-corrected chi connectivity index (χ1v) is 7.16. The van der Waals surface area contributed by atoms with Crippen molar-refractivity contribution in [2.45, 2.75) is 0 Å². The van der Waals surface area contributed by atoms with E-state index < -0.39 is 18.5 Å². The van der Waals surface area contributed by atoms with Gasteiger partial charge < -0.3 is 10.5 Å². The molecule has 1 amide bonds. The molecule has 1 aromatic heterocycles. The van der Waals surface area contributed by atoms with E-state index in [2.05, 4.69) is 4.98 Å². The van der Waals surface area contributed by atoms with E-state index in [1.807, 2.05) is 0 Å². The fourth-order valence-corrected chi connectivity index (χ4v) is 2.33. The third-order valence-electron chi connectivity index (χ3n) is 3.42. The summed E-state index contributed by atoms with van der Waals surface area (Å²) in [7, 11) is 0. The maximum Gasteiger partial charge on any atom is 0.339 e. The molecule has 3 aromatic rings. The second-order valence-electron chi connectivity index (χ2n) is 5.12. The van der Waals surface area contributed by atoms with E-state index >= 15 is 0 Å². The number of hydrogen-bond donors (Lipinski definition) is 1. The van der Waals surface area contributed by atoms with Crippen LogP contribution in [-0.2, 0) is 9.53 Å². The third-order valence-corrected chi connectivity index (χ3v) is 3.42. The first-order valence-electron chi connectivity index (χ1n) is 7.16. The Morgan fingerprint density at radius 1 is 1.08 bits per heavy atom. The second-order valence-corrected chi connectivity index (χ2v) is 5.12. The zero-order valence-corrected chi connectivity index (χ0v) is 12.5. The van der Waals surface area contributed by atoms with Crippen LogP contribution in [0.15, 0.2) is 54.6 Å². The highest BCUT2D eigenvalue weighted by Gasteiger charge is 2.15. The van der Waals surface area contributed by atoms with Crippen molar-refractivity contribution in [3.63, 3.8) is 0 Å². The van der Waals surface area contributed by atoms with Gasteiger partial charge in [0.1, 0.15) is 5.82 Å². The number of para-hydroxylation sites is 1. The van der Waals surface area contributed by atoms with Crippen molar-refractivity contribution in [3.8, 4) is 11.3 Å². The normalized spacial score (nSPS) is 10.5. The van der Waals surface area contributed by atoms with Crippen molar-refractivity contribution in [3.05, 3.63) is 66.0 Å². The molecule has 24 heavy (non-hydrogen) atoms. The Kier molecular flexibility index (Phi) is 4.20. The molecule has 2 N–H and O–H groups in total. The second kappa shape index (κ2) is 6.45. The number of fused-ring (bicyclic) bond motifs is 1. The van der Waals surface area contributed by atoms with Crippen LogP contribution < -0.4 is 5.73 Å². The number of aromatic nitrogens is 1. The number of ether oxygens (including phenoxy) is 1. The lowest BCUT2D eigenvalue weighted by Gasteiger charge is -2.09. The predicted molar refractivity (Wildman–Crippen MR) is 86.6 cm³/mol. The molecule has 0 spiro atoms. The molecule has 0 atom stereocenters. The first-order chi connectivity index (χ1) is 11.5. The largest absolute Gasteiger partial charge is 0.452 e. The van der Waals surface area contributed by atoms with Crippen LogP contribution in [0, 0.1) is 5.82 Å². The van der Waals surface area contributed by atoms with E-state index in [0.29, 0.717) is 22.2 Å². The molecule has 2 aromatic carbocycles. The van der Waals surface area contributed by atoms with Gasteiger partial charge in [0.25, 0.3) is 5.91 Å². The Bertz CT molecular complexity index is 923. The highest BCUT2D eigenvalue weighted by molar-refractivity contribution is 6.05. The van der Waals surface area contributed by atoms with Crippen molar-refractivity contribution in [2.24, 2.45) is 5.73 Å². The summed E-state index contributed by atoms with van der Waals surface area (Å²) < 4.78 is 18.0. The van der Waals surface area contributed by atoms with Gasteiger partial charge in [0.15, 0.2) is 6.61 Å². The van der Waals surface area contributed by atoms with Crippen LogP contribution in [0.5, 0.6) is 0 Å². The highest BCUT2D eigenvalue weighted by Crippen LogP contribution is 2.25. The SMILES string of the molecule is NC(=O)COC(=O)c1cc(-c2ccc(F)cc2)nc2ccccc12. The van der Waals surface area contributed by atoms with Crippen LogP contribution in [0.1, 0.15) is 10.4 Å². The van der Waals surface area contributed by atoms with Crippen LogP contribution in [0.3, 0.4) is 0 Å². The number of primary amides is 1. The molecule has 3 rings (SSSR count). The van der Waals surface area contributed by atoms with Crippen LogP contribution in [0.25, 0.3) is 22.2 Å². The number of hydrogen-bond acceptors (Lipinski definition) is 4. The molecule has 0 aliphatic heterocycles. The van der Waals surface area contributed by atoms with Gasteiger partial charge in [-0.05, 0) is 36.4 Å². The molecule has 0 unspecified atom stereocenters. The van der Waals surface area contributed by atoms with Crippen LogP contribution in [-0.4, -0.2) is 23.5 Å². The molecule has 120 valence electrons. The van der Waals surface area contributed by atoms with Gasteiger partial charge in [-0.1, -0.05) is 18.2 Å². The Balaban J connectivity index is 2.10. The summed E-state index contributed by atoms with van der Waals surface area (Å²) in [6, 6.07) is 14.4. The Labute approximate surface area is 136 Å². The maximum atomic E-state index is 13.1. The zero-order chi connectivity index (χ0) is 17.1. The summed E-state index contributed by atoms with van der Waals surface area (Å²) in [5, 5.41) is 0.595. The van der Waals surface area contributed by atoms with Crippen LogP contribution in [0.2, 0.25) is 0 Å². The molecule has 0 aliphatic carbocycles. The Morgan fingerprint density at radius 3 is 2.50 bits per heavy atom. The number of benzene rings is 2. The number of amides is 1. The number of rotatable bonds is 4. The molecule has 1 heterocycles. The predicted octanol–water partition coefficient (Wildman–Crippen LogP) is 2.68. The Hall–Kier alpha value is -3.28. The number of carbonyl (C=O) groups excluding carboxylic acids is 2. The third kappa shape index (κ3) is 3.22. The number of nitrogens with zero attached hydrogens (tertiary/aromatic N) is 1. The lowest BCUT2D eigenvalue weighted by molar-refractivity contribution is -0.121. The summed E-state index contributed by atoms with van der Waals surface area (Å²) in [5.41, 5.74) is 7.01. The lowest BCUT2D eigenvalue weighted by atomic mass is 10.0. The number of esters is 1. The van der Waals surface area contributed by atoms with Crippen molar-refractivity contribution in [1.82, 2.24) is 4.98 Å². The van der Waals surface area contributed by atoms with Crippen molar-refractivity contribution in [2.75, 3.05) is 6.61 Å². The van der Waals surface area contributed by atoms with Gasteiger partial charge in [-0.2, -0.15) is 0 Å². The summed E-state index contributed by atoms with van der Waals surface area (Å²) in [6.07, 6.45) is 0. The zero-order valence-electron chi connectivity index (χ0n) is 12.5. The highest BCUT2D eigenvalue weighted by atomic mass is 19.1. The molecule has 0 bridgehead atoms. The molecule has 6 heteroatoms. The molecular formula is C18H13FN2O3. The molecule has 0 fully saturated rings. The molecule has 0 aliphatic rings. The minimum atomic E-state index is -0.736. The van der Waals surface area contributed by atoms with Gasteiger partial charge in [-0.15, -0.1) is 0 Å². The fraction of sp³-hybridized carbons (Fsp3) is 0.0556.